The maximum atomic E-state index is 6.98. The fourth-order valence-corrected chi connectivity index (χ4v) is 11.7. The summed E-state index contributed by atoms with van der Waals surface area (Å²) in [6, 6.07) is 0.221. The monoisotopic (exact) mass is 463 g/mol. The van der Waals surface area contributed by atoms with E-state index in [-0.39, 0.29) is 47.2 Å². The fraction of sp³-hybridized carbons (Fsp3) is 1.00. The van der Waals surface area contributed by atoms with E-state index in [0.717, 1.165) is 32.4 Å². The zero-order valence-corrected chi connectivity index (χ0v) is 21.0. The molecule has 0 aromatic rings. The molecule has 7 heteroatoms. The van der Waals surface area contributed by atoms with Crippen LogP contribution in [0.25, 0.3) is 0 Å². The second-order valence-electron chi connectivity index (χ2n) is 12.3. The highest BCUT2D eigenvalue weighted by Gasteiger charge is 2.93. The van der Waals surface area contributed by atoms with Crippen LogP contribution in [0, 0.1) is 34.5 Å². The molecule has 2 saturated heterocycles. The zero-order valence-electron chi connectivity index (χ0n) is 21.0. The number of fused-ring (bicyclic) bond motifs is 1. The topological polar surface area (TPSA) is 58.6 Å². The van der Waals surface area contributed by atoms with Gasteiger partial charge in [0.25, 0.3) is 0 Å². The van der Waals surface area contributed by atoms with E-state index in [2.05, 4.69) is 18.7 Å². The number of likely N-dealkylation sites (tertiary alicyclic amines) is 1. The standard InChI is InChI=1S/C26H41NO6/c1-7-27-12-23(2)9-8-17(29-4)25-15-10-14-16(28-3)11-24(18(15)19(14)30-5)26(22(25)27,33-13-32-24)21(31-6)20(23)25/h14-22H,7-13H2,1-6H3/t14-,15-,16+,17+,18-,19?,20-,21+,22?,23+,24-,25?,26?/m1/s1. The van der Waals surface area contributed by atoms with Gasteiger partial charge in [-0.3, -0.25) is 4.90 Å². The van der Waals surface area contributed by atoms with Gasteiger partial charge in [0.15, 0.2) is 0 Å². The molecule has 7 fully saturated rings. The predicted molar refractivity (Wildman–Crippen MR) is 120 cm³/mol. The minimum absolute atomic E-state index is 0.0262. The van der Waals surface area contributed by atoms with Gasteiger partial charge in [-0.1, -0.05) is 13.8 Å². The van der Waals surface area contributed by atoms with Gasteiger partial charge in [-0.25, -0.2) is 0 Å². The smallest absolute Gasteiger partial charge is 0.148 e. The number of piperidine rings is 1. The lowest BCUT2D eigenvalue weighted by Gasteiger charge is -2.69. The molecule has 0 N–H and O–H groups in total. The van der Waals surface area contributed by atoms with Crippen molar-refractivity contribution in [3.8, 4) is 0 Å². The number of methoxy groups -OCH3 is 4. The van der Waals surface area contributed by atoms with Crippen molar-refractivity contribution >= 4 is 0 Å². The van der Waals surface area contributed by atoms with Gasteiger partial charge in [-0.15, -0.1) is 0 Å². The van der Waals surface area contributed by atoms with Gasteiger partial charge in [0, 0.05) is 64.6 Å². The largest absolute Gasteiger partial charge is 0.381 e. The first-order chi connectivity index (χ1) is 15.9. The molecule has 0 aromatic carbocycles. The molecule has 7 nitrogen and oxygen atoms in total. The highest BCUT2D eigenvalue weighted by Crippen LogP contribution is 2.82. The Morgan fingerprint density at radius 1 is 1.03 bits per heavy atom. The van der Waals surface area contributed by atoms with Crippen LogP contribution in [0.5, 0.6) is 0 Å². The second kappa shape index (κ2) is 6.72. The first-order valence-corrected chi connectivity index (χ1v) is 13.1. The van der Waals surface area contributed by atoms with Gasteiger partial charge >= 0.3 is 0 Å². The van der Waals surface area contributed by atoms with Gasteiger partial charge < -0.3 is 28.4 Å². The first kappa shape index (κ1) is 22.0. The van der Waals surface area contributed by atoms with E-state index in [9.17, 15) is 0 Å². The number of rotatable bonds is 5. The minimum atomic E-state index is -0.536. The molecule has 33 heavy (non-hydrogen) atoms. The van der Waals surface area contributed by atoms with Gasteiger partial charge in [-0.05, 0) is 37.1 Å². The zero-order chi connectivity index (χ0) is 23.0. The van der Waals surface area contributed by atoms with E-state index in [1.165, 1.54) is 6.42 Å². The van der Waals surface area contributed by atoms with E-state index in [1.54, 1.807) is 0 Å². The molecular weight excluding hydrogens is 422 g/mol. The van der Waals surface area contributed by atoms with Crippen LogP contribution in [0.1, 0.15) is 39.5 Å². The van der Waals surface area contributed by atoms with Crippen molar-refractivity contribution in [3.63, 3.8) is 0 Å². The van der Waals surface area contributed by atoms with Crippen LogP contribution in [-0.2, 0) is 28.4 Å². The van der Waals surface area contributed by atoms with Crippen LogP contribution in [-0.4, -0.2) is 94.9 Å². The summed E-state index contributed by atoms with van der Waals surface area (Å²) in [6.45, 7) is 7.26. The Bertz CT molecular complexity index is 842. The summed E-state index contributed by atoms with van der Waals surface area (Å²) in [6.07, 6.45) is 4.63. The minimum Gasteiger partial charge on any atom is -0.381 e. The molecule has 0 aromatic heterocycles. The molecule has 7 aliphatic rings. The summed E-state index contributed by atoms with van der Waals surface area (Å²) in [4.78, 5) is 2.74. The summed E-state index contributed by atoms with van der Waals surface area (Å²) in [5.41, 5.74) is -0.867. The molecular formula is C26H41NO6. The Hall–Kier alpha value is -0.280. The number of hydrogen-bond acceptors (Lipinski definition) is 7. The fourth-order valence-electron chi connectivity index (χ4n) is 11.7. The highest BCUT2D eigenvalue weighted by molar-refractivity contribution is 5.42. The Morgan fingerprint density at radius 3 is 2.52 bits per heavy atom. The Kier molecular flexibility index (Phi) is 4.47. The molecule has 5 saturated carbocycles. The number of ether oxygens (including phenoxy) is 6. The van der Waals surface area contributed by atoms with Crippen molar-refractivity contribution < 1.29 is 28.4 Å². The SMILES string of the molecule is CCN1C[C@]2(C)CC[C@H](OC)C34C1C1(OCO[C@@]15C[C@H](OC)[C@H]1C[C@@H]3[C@@H]5C1OC)[C@@H](OC)[C@@H]42. The molecule has 2 aliphatic heterocycles. The molecule has 0 radical (unpaired) electrons. The van der Waals surface area contributed by atoms with Gasteiger partial charge in [0.1, 0.15) is 18.0 Å². The molecule has 4 unspecified atom stereocenters. The number of nitrogens with zero attached hydrogens (tertiary/aromatic N) is 1. The van der Waals surface area contributed by atoms with Crippen LogP contribution >= 0.6 is 0 Å². The van der Waals surface area contributed by atoms with Crippen molar-refractivity contribution in [2.45, 2.75) is 81.2 Å². The van der Waals surface area contributed by atoms with E-state index in [4.69, 9.17) is 28.4 Å². The second-order valence-corrected chi connectivity index (χ2v) is 12.3. The van der Waals surface area contributed by atoms with Gasteiger partial charge in [0.2, 0.25) is 0 Å². The highest BCUT2D eigenvalue weighted by atomic mass is 16.7. The normalized spacial score (nSPS) is 62.5. The number of likely N-dealkylation sites (N-methyl/N-ethyl adjacent to an activating group) is 1. The van der Waals surface area contributed by atoms with Crippen molar-refractivity contribution in [2.24, 2.45) is 34.5 Å². The van der Waals surface area contributed by atoms with Crippen molar-refractivity contribution in [2.75, 3.05) is 48.3 Å². The molecule has 2 heterocycles. The average molecular weight is 464 g/mol. The van der Waals surface area contributed by atoms with E-state index >= 15 is 0 Å². The van der Waals surface area contributed by atoms with Crippen molar-refractivity contribution in [1.29, 1.82) is 0 Å². The van der Waals surface area contributed by atoms with Crippen LogP contribution in [0.4, 0.5) is 0 Å². The molecule has 0 amide bonds. The Morgan fingerprint density at radius 2 is 1.85 bits per heavy atom. The third-order valence-electron chi connectivity index (χ3n) is 12.1. The Balaban J connectivity index is 1.57. The molecule has 13 atom stereocenters. The lowest BCUT2D eigenvalue weighted by atomic mass is 9.43. The van der Waals surface area contributed by atoms with Crippen molar-refractivity contribution in [3.05, 3.63) is 0 Å². The lowest BCUT2D eigenvalue weighted by molar-refractivity contribution is -0.283. The molecule has 7 bridgehead atoms. The maximum Gasteiger partial charge on any atom is 0.148 e. The van der Waals surface area contributed by atoms with Crippen LogP contribution in [0.3, 0.4) is 0 Å². The van der Waals surface area contributed by atoms with E-state index in [1.807, 2.05) is 28.4 Å². The molecule has 186 valence electrons. The Labute approximate surface area is 197 Å². The van der Waals surface area contributed by atoms with Crippen molar-refractivity contribution in [1.82, 2.24) is 4.90 Å². The summed E-state index contributed by atoms with van der Waals surface area (Å²) >= 11 is 0. The predicted octanol–water partition coefficient (Wildman–Crippen LogP) is 2.32. The quantitative estimate of drug-likeness (QED) is 0.620. The lowest BCUT2D eigenvalue weighted by Crippen LogP contribution is -2.80. The summed E-state index contributed by atoms with van der Waals surface area (Å²) < 4.78 is 39.5. The van der Waals surface area contributed by atoms with Gasteiger partial charge in [-0.2, -0.15) is 0 Å². The summed E-state index contributed by atoms with van der Waals surface area (Å²) in [5.74, 6) is 1.49. The third-order valence-corrected chi connectivity index (χ3v) is 12.1. The van der Waals surface area contributed by atoms with E-state index in [0.29, 0.717) is 24.5 Å². The molecule has 7 rings (SSSR count). The third kappa shape index (κ3) is 1.99. The summed E-state index contributed by atoms with van der Waals surface area (Å²) in [7, 11) is 7.58. The summed E-state index contributed by atoms with van der Waals surface area (Å²) in [5, 5.41) is 0. The van der Waals surface area contributed by atoms with Crippen LogP contribution in [0.15, 0.2) is 0 Å². The molecule has 5 aliphatic carbocycles. The van der Waals surface area contributed by atoms with E-state index < -0.39 is 11.2 Å². The molecule has 3 spiro atoms. The maximum absolute atomic E-state index is 6.98. The number of hydrogen-bond donors (Lipinski definition) is 0. The van der Waals surface area contributed by atoms with Crippen LogP contribution in [0.2, 0.25) is 0 Å². The van der Waals surface area contributed by atoms with Crippen LogP contribution < -0.4 is 0 Å². The average Bonchev–Trinajstić information content (AvgIpc) is 3.40. The first-order valence-electron chi connectivity index (χ1n) is 13.1. The van der Waals surface area contributed by atoms with Gasteiger partial charge in [0.05, 0.1) is 30.5 Å².